The molecule has 0 aliphatic carbocycles. The van der Waals surface area contributed by atoms with Gasteiger partial charge in [0, 0.05) is 105 Å². The van der Waals surface area contributed by atoms with Crippen molar-refractivity contribution >= 4 is 148 Å². The molecule has 742 valence electrons. The second kappa shape index (κ2) is 51.3. The van der Waals surface area contributed by atoms with E-state index in [1.54, 1.807) is 111 Å². The molecule has 0 bridgehead atoms. The first-order chi connectivity index (χ1) is 65.2. The Morgan fingerprint density at radius 2 is 1.11 bits per heavy atom. The SMILES string of the molecule is CCCC[C@H]1C(=O)N(C)[C@@H](CCCC)C(=O)N[C@@H](CC(C)C)C(=O)N[C@H](C(=O)NCC(N)=O)CSCC(=O)N[C@@H](Cc2ccc(O)cc2)C(=P)N(C)[C@@H](C)C(=O)N[C@@H](CC(N)=O)C(=O)N2CCCC2C(=O)N[C@@H](CN)C(=O)N[C@@H](Cc2ccccc2)C(=O)N2C[C@H](O)C[C@H]2C(=O)N[C@@H](Cc2c[nH]c3ccccc23)C(=O)N[C@@H](CCN)C(=O)N[C@@H](Cc2cn(CC(=O)O)c3ccccc23)C(=O)N1C. The minimum atomic E-state index is -1.70. The smallest absolute Gasteiger partial charge is 0.323 e. The van der Waals surface area contributed by atoms with Crippen molar-refractivity contribution in [2.45, 2.75) is 235 Å². The van der Waals surface area contributed by atoms with Gasteiger partial charge in [0.15, 0.2) is 0 Å². The highest BCUT2D eigenvalue weighted by molar-refractivity contribution is 8.00. The number of aliphatic hydroxyl groups excluding tert-OH is 1. The quantitative estimate of drug-likeness (QED) is 0.0281. The van der Waals surface area contributed by atoms with Crippen LogP contribution in [0.15, 0.2) is 116 Å². The van der Waals surface area contributed by atoms with Crippen LogP contribution in [-0.2, 0) is 114 Å². The van der Waals surface area contributed by atoms with E-state index in [1.165, 1.54) is 60.8 Å². The number of aromatic amines is 1. The summed E-state index contributed by atoms with van der Waals surface area (Å²) in [5.74, 6) is -16.7. The van der Waals surface area contributed by atoms with Gasteiger partial charge in [-0.15, -0.1) is 20.6 Å². The molecule has 0 radical (unpaired) electrons. The molecule has 9 rings (SSSR count). The Kier molecular flexibility index (Phi) is 40.4. The summed E-state index contributed by atoms with van der Waals surface area (Å²) in [5, 5.41) is 60.2. The number of aromatic nitrogens is 2. The Morgan fingerprint density at radius 1 is 0.555 bits per heavy atom. The van der Waals surface area contributed by atoms with Gasteiger partial charge in [0.1, 0.15) is 84.8 Å². The lowest BCUT2D eigenvalue weighted by Crippen LogP contribution is -2.62. The summed E-state index contributed by atoms with van der Waals surface area (Å²) in [6.07, 6.45) is 1.22. The van der Waals surface area contributed by atoms with E-state index in [-0.39, 0.29) is 100 Å². The molecule has 3 fully saturated rings. The van der Waals surface area contributed by atoms with Crippen molar-refractivity contribution in [3.63, 3.8) is 0 Å². The highest BCUT2D eigenvalue weighted by Crippen LogP contribution is 2.29. The Labute approximate surface area is 800 Å². The molecule has 41 nitrogen and oxygen atoms in total. The van der Waals surface area contributed by atoms with E-state index >= 15 is 33.6 Å². The number of carbonyl (C=O) groups is 17. The molecule has 1 unspecified atom stereocenters. The summed E-state index contributed by atoms with van der Waals surface area (Å²) >= 11 is 0.870. The van der Waals surface area contributed by atoms with Crippen LogP contribution in [0, 0.1) is 5.92 Å². The van der Waals surface area contributed by atoms with Gasteiger partial charge >= 0.3 is 5.97 Å². The molecular weight excluding hydrogens is 1810 g/mol. The molecule has 5 heterocycles. The number of phenols is 1. The molecule has 3 aliphatic rings. The number of unbranched alkanes of at least 4 members (excludes halogenated alkanes) is 2. The number of H-pyrrole nitrogens is 1. The van der Waals surface area contributed by atoms with Gasteiger partial charge in [0.2, 0.25) is 94.5 Å². The number of aliphatic hydroxyl groups is 1. The Balaban J connectivity index is 1.12. The molecule has 3 aliphatic heterocycles. The molecule has 3 saturated heterocycles. The molecule has 2 aromatic heterocycles. The van der Waals surface area contributed by atoms with Crippen LogP contribution in [0.2, 0.25) is 0 Å². The number of carboxylic acids is 1. The lowest BCUT2D eigenvalue weighted by Gasteiger charge is -2.36. The van der Waals surface area contributed by atoms with Gasteiger partial charge in [-0.2, -0.15) is 0 Å². The molecule has 0 saturated carbocycles. The first-order valence-corrected chi connectivity index (χ1v) is 47.7. The Hall–Kier alpha value is -12.9. The standard InChI is InChI=1S/C94H130N21O20PS/c1-9-11-26-73-87(129)103-64(37-52(3)4)84(126)109-71(82(124)100-46-78(98)119)50-137-51-79(120)101-69(39-55-30-32-58(116)33-31-55)94(136)110(6)53(5)81(123)105-68(43-77(97)118)91(133)114-36-20-29-74(114)88(130)108-70(44-96)86(128)106-66(38-54-21-14-13-15-22-54)92(134)115-48-59(117)42-76(115)89(131)104-65(40-56-45-99-62-25-18-16-23-60(56)62)85(127)102-63(34-35-95)83(125)107-67(90(132)112(8)75(27-12-10-2)93(135)111(73)7)41-57-47-113(49-80(121)122)72-28-19-17-24-61(57)72/h13-19,21-25,28,30-33,45,47,52-53,59,63-71,73-76,99,116-117,136H,9-12,20,26-27,29,34-44,46,48-51,95-96H2,1-8H3,(H2,97,118)(H2,98,119)(H,100,124)(H,101,120)(H,102,127)(H,103,129)(H,104,131)(H,105,123)(H,106,128)(H,107,125)(H,108,130)(H,109,126)(H,121,122)/t53-,59+,63-,64-,65-,66-,67-,68-,69-,70-,71-,73-,74?,75-,76-/m0/s1. The van der Waals surface area contributed by atoms with Gasteiger partial charge < -0.3 is 121 Å². The number of fused-ring (bicyclic) bond motifs is 4. The van der Waals surface area contributed by atoms with Crippen LogP contribution >= 0.6 is 20.6 Å². The zero-order valence-corrected chi connectivity index (χ0v) is 80.2. The van der Waals surface area contributed by atoms with Crippen LogP contribution in [0.1, 0.15) is 134 Å². The largest absolute Gasteiger partial charge is 0.508 e. The number of amides is 16. The average Bonchev–Trinajstić information content (AvgIpc) is 1.70. The number of hydrogen-bond acceptors (Lipinski definition) is 22. The van der Waals surface area contributed by atoms with E-state index in [0.717, 1.165) is 26.5 Å². The molecule has 15 atom stereocenters. The van der Waals surface area contributed by atoms with E-state index in [9.17, 15) is 63.3 Å². The molecule has 6 aromatic rings. The second-order valence-corrected chi connectivity index (χ2v) is 37.0. The third kappa shape index (κ3) is 29.8. The normalized spacial score (nSPS) is 24.7. The van der Waals surface area contributed by atoms with Gasteiger partial charge in [-0.1, -0.05) is 132 Å². The number of phenolic OH excluding ortho intramolecular Hbond substituents is 1. The number of aromatic hydroxyl groups is 1. The minimum Gasteiger partial charge on any atom is -0.508 e. The van der Waals surface area contributed by atoms with Crippen molar-refractivity contribution in [1.29, 1.82) is 0 Å². The van der Waals surface area contributed by atoms with Crippen molar-refractivity contribution in [3.05, 3.63) is 138 Å². The number of hydrogen-bond donors (Lipinski definition) is 18. The number of rotatable bonds is 26. The average molecular weight is 1940 g/mol. The van der Waals surface area contributed by atoms with Crippen LogP contribution < -0.4 is 76.1 Å². The number of nitrogens with zero attached hydrogens (tertiary/aromatic N) is 6. The van der Waals surface area contributed by atoms with Gasteiger partial charge in [-0.3, -0.25) is 86.4 Å². The first kappa shape index (κ1) is 108. The predicted molar refractivity (Wildman–Crippen MR) is 514 cm³/mol. The monoisotopic (exact) mass is 1940 g/mol. The fraction of sp³-hybridized carbons (Fsp3) is 0.511. The Morgan fingerprint density at radius 3 is 1.76 bits per heavy atom. The van der Waals surface area contributed by atoms with Gasteiger partial charge in [-0.25, -0.2) is 0 Å². The number of carboxylic acid groups (broad SMARTS) is 1. The van der Waals surface area contributed by atoms with E-state index < -0.39 is 236 Å². The summed E-state index contributed by atoms with van der Waals surface area (Å²) in [5.41, 5.74) is 26.9. The molecular formula is C94H130N21O20PS. The van der Waals surface area contributed by atoms with Gasteiger partial charge in [-0.05, 0) is 118 Å². The lowest BCUT2D eigenvalue weighted by molar-refractivity contribution is -0.149. The predicted octanol–water partition coefficient (Wildman–Crippen LogP) is -1.30. The van der Waals surface area contributed by atoms with E-state index in [0.29, 0.717) is 69.7 Å². The Bertz CT molecular complexity index is 5330. The van der Waals surface area contributed by atoms with Crippen molar-refractivity contribution in [2.75, 3.05) is 65.4 Å². The van der Waals surface area contributed by atoms with Crippen molar-refractivity contribution in [1.82, 2.24) is 87.2 Å². The molecule has 16 amide bonds. The minimum absolute atomic E-state index is 0.00108. The molecule has 22 N–H and O–H groups in total. The van der Waals surface area contributed by atoms with Gasteiger partial charge in [0.25, 0.3) is 0 Å². The third-order valence-electron chi connectivity index (χ3n) is 24.7. The fourth-order valence-corrected chi connectivity index (χ4v) is 18.4. The molecule has 137 heavy (non-hydrogen) atoms. The highest BCUT2D eigenvalue weighted by Gasteiger charge is 2.47. The number of nitrogens with one attached hydrogen (secondary N) is 11. The molecule has 0 spiro atoms. The number of likely N-dealkylation sites (N-methyl/N-ethyl adjacent to an activating group) is 3. The van der Waals surface area contributed by atoms with Crippen LogP contribution in [0.4, 0.5) is 0 Å². The highest BCUT2D eigenvalue weighted by atomic mass is 32.2. The fourth-order valence-electron chi connectivity index (χ4n) is 17.2. The van der Waals surface area contributed by atoms with Crippen molar-refractivity contribution in [2.24, 2.45) is 28.9 Å². The number of carbonyl (C=O) groups excluding carboxylic acids is 16. The van der Waals surface area contributed by atoms with Crippen LogP contribution in [0.25, 0.3) is 21.8 Å². The lowest BCUT2D eigenvalue weighted by atomic mass is 9.99. The van der Waals surface area contributed by atoms with Crippen molar-refractivity contribution < 1.29 is 96.8 Å². The molecule has 4 aromatic carbocycles. The first-order valence-electron chi connectivity index (χ1n) is 46.1. The maximum absolute atomic E-state index is 16.0. The van der Waals surface area contributed by atoms with Crippen LogP contribution in [0.3, 0.4) is 0 Å². The summed E-state index contributed by atoms with van der Waals surface area (Å²) in [6, 6.07) is 7.45. The number of thioether (sulfide) groups is 1. The summed E-state index contributed by atoms with van der Waals surface area (Å²) in [4.78, 5) is 258. The van der Waals surface area contributed by atoms with Crippen LogP contribution in [-0.4, -0.2) is 311 Å². The summed E-state index contributed by atoms with van der Waals surface area (Å²) < 4.78 is 1.45. The second-order valence-electron chi connectivity index (χ2n) is 35.4. The van der Waals surface area contributed by atoms with Crippen LogP contribution in [0.5, 0.6) is 5.75 Å². The number of nitrogens with two attached hydrogens (primary N) is 4. The number of para-hydroxylation sites is 2. The van der Waals surface area contributed by atoms with Gasteiger partial charge in [0.05, 0.1) is 36.9 Å². The van der Waals surface area contributed by atoms with E-state index in [4.69, 9.17) is 22.9 Å². The third-order valence-corrected chi connectivity index (χ3v) is 26.5. The van der Waals surface area contributed by atoms with E-state index in [1.807, 2.05) is 13.8 Å². The van der Waals surface area contributed by atoms with E-state index in [2.05, 4.69) is 67.0 Å². The summed E-state index contributed by atoms with van der Waals surface area (Å²) in [7, 11) is 7.88. The number of primary amides is 2. The maximum Gasteiger partial charge on any atom is 0.323 e. The molecule has 43 heteroatoms. The number of aliphatic carboxylic acids is 1. The number of benzene rings is 4. The zero-order valence-electron chi connectivity index (χ0n) is 78.4. The zero-order chi connectivity index (χ0) is 100. The maximum atomic E-state index is 16.0. The summed E-state index contributed by atoms with van der Waals surface area (Å²) in [6.45, 7) is 6.05. The topological polar surface area (TPSA) is 612 Å². The van der Waals surface area contributed by atoms with Crippen molar-refractivity contribution in [3.8, 4) is 5.75 Å².